The number of aryl methyl sites for hydroxylation is 2. The summed E-state index contributed by atoms with van der Waals surface area (Å²) in [5.41, 5.74) is 5.30. The Balaban J connectivity index is 1.87. The van der Waals surface area contributed by atoms with E-state index in [-0.39, 0.29) is 18.4 Å². The number of amides is 2. The number of hydrogen-bond acceptors (Lipinski definition) is 3. The number of benzene rings is 3. The minimum absolute atomic E-state index is 0.0243. The second-order valence-electron chi connectivity index (χ2n) is 7.89. The van der Waals surface area contributed by atoms with E-state index in [0.29, 0.717) is 11.4 Å². The quantitative estimate of drug-likeness (QED) is 0.620. The average molecular weight is 415 g/mol. The number of methoxy groups -OCH3 is 1. The van der Waals surface area contributed by atoms with Crippen LogP contribution in [0.25, 0.3) is 0 Å². The van der Waals surface area contributed by atoms with Crippen LogP contribution >= 0.6 is 0 Å². The van der Waals surface area contributed by atoms with Crippen molar-refractivity contribution in [1.29, 1.82) is 0 Å². The molecule has 0 aliphatic carbocycles. The Morgan fingerprint density at radius 2 is 1.52 bits per heavy atom. The first-order valence-corrected chi connectivity index (χ1v) is 10.3. The molecule has 0 spiro atoms. The van der Waals surface area contributed by atoms with Gasteiger partial charge in [0.2, 0.25) is 5.91 Å². The van der Waals surface area contributed by atoms with Crippen LogP contribution in [0.1, 0.15) is 28.3 Å². The lowest BCUT2D eigenvalue weighted by Crippen LogP contribution is -2.56. The number of carbonyl (C=O) groups excluding carboxylic acids is 2. The van der Waals surface area contributed by atoms with Crippen LogP contribution in [0.15, 0.2) is 66.7 Å². The summed E-state index contributed by atoms with van der Waals surface area (Å²) in [5, 5.41) is 0. The van der Waals surface area contributed by atoms with E-state index in [1.807, 2.05) is 81.4 Å². The topological polar surface area (TPSA) is 49.9 Å². The summed E-state index contributed by atoms with van der Waals surface area (Å²) >= 11 is 0. The first-order valence-electron chi connectivity index (χ1n) is 10.3. The minimum atomic E-state index is -0.780. The van der Waals surface area contributed by atoms with Gasteiger partial charge in [-0.3, -0.25) is 14.5 Å². The van der Waals surface area contributed by atoms with Crippen LogP contribution in [-0.4, -0.2) is 25.5 Å². The second-order valence-corrected chi connectivity index (χ2v) is 7.89. The molecule has 0 unspecified atom stereocenters. The molecule has 31 heavy (non-hydrogen) atoms. The van der Waals surface area contributed by atoms with Crippen LogP contribution < -0.4 is 14.5 Å². The third-order valence-electron chi connectivity index (χ3n) is 5.92. The maximum atomic E-state index is 13.9. The van der Waals surface area contributed by atoms with Gasteiger partial charge in [-0.25, -0.2) is 0 Å². The van der Waals surface area contributed by atoms with Crippen LogP contribution in [0.5, 0.6) is 5.75 Å². The molecular weight excluding hydrogens is 388 g/mol. The van der Waals surface area contributed by atoms with E-state index in [1.165, 1.54) is 0 Å². The average Bonchev–Trinajstić information content (AvgIpc) is 2.77. The molecule has 5 heteroatoms. The number of nitrogens with zero attached hydrogens (tertiary/aromatic N) is 2. The van der Waals surface area contributed by atoms with E-state index in [4.69, 9.17) is 4.74 Å². The van der Waals surface area contributed by atoms with Crippen LogP contribution in [0.4, 0.5) is 11.4 Å². The molecule has 0 aromatic heterocycles. The lowest BCUT2D eigenvalue weighted by molar-refractivity contribution is -0.128. The zero-order valence-electron chi connectivity index (χ0n) is 18.3. The van der Waals surface area contributed by atoms with Gasteiger partial charge in [-0.2, -0.15) is 0 Å². The van der Waals surface area contributed by atoms with Crippen molar-refractivity contribution in [3.63, 3.8) is 0 Å². The van der Waals surface area contributed by atoms with Gasteiger partial charge in [-0.15, -0.1) is 0 Å². The fraction of sp³-hybridized carbons (Fsp3) is 0.231. The lowest BCUT2D eigenvalue weighted by Gasteiger charge is -2.41. The SMILES string of the molecule is COc1ccccc1N1C(=O)CN(c2cccc(C)c2C)C(=O)[C@@H]1c1ccc(C)cc1. The summed E-state index contributed by atoms with van der Waals surface area (Å²) in [6.07, 6.45) is 0. The normalized spacial score (nSPS) is 16.6. The zero-order chi connectivity index (χ0) is 22.1. The van der Waals surface area contributed by atoms with Gasteiger partial charge in [-0.05, 0) is 55.7 Å². The predicted molar refractivity (Wildman–Crippen MR) is 123 cm³/mol. The molecule has 1 aliphatic rings. The highest BCUT2D eigenvalue weighted by Gasteiger charge is 2.43. The molecule has 3 aromatic carbocycles. The van der Waals surface area contributed by atoms with Crippen molar-refractivity contribution in [2.45, 2.75) is 26.8 Å². The number of para-hydroxylation sites is 2. The largest absolute Gasteiger partial charge is 0.495 e. The van der Waals surface area contributed by atoms with Gasteiger partial charge in [0.15, 0.2) is 0 Å². The minimum Gasteiger partial charge on any atom is -0.495 e. The summed E-state index contributed by atoms with van der Waals surface area (Å²) in [7, 11) is 1.57. The number of rotatable bonds is 4. The molecule has 0 saturated carbocycles. The van der Waals surface area contributed by atoms with Crippen molar-refractivity contribution in [3.8, 4) is 5.75 Å². The Labute approximate surface area is 182 Å². The van der Waals surface area contributed by atoms with Crippen molar-refractivity contribution < 1.29 is 14.3 Å². The summed E-state index contributed by atoms with van der Waals surface area (Å²) in [4.78, 5) is 30.6. The smallest absolute Gasteiger partial charge is 0.255 e. The molecule has 1 fully saturated rings. The van der Waals surface area contributed by atoms with Gasteiger partial charge >= 0.3 is 0 Å². The highest BCUT2D eigenvalue weighted by molar-refractivity contribution is 6.15. The fourth-order valence-corrected chi connectivity index (χ4v) is 4.07. The van der Waals surface area contributed by atoms with Crippen molar-refractivity contribution in [3.05, 3.63) is 89.0 Å². The molecule has 0 bridgehead atoms. The summed E-state index contributed by atoms with van der Waals surface area (Å²) < 4.78 is 5.51. The number of anilines is 2. The standard InChI is InChI=1S/C26H26N2O3/c1-17-12-14-20(15-13-17)25-26(30)27(21-10-7-8-18(2)19(21)3)16-24(29)28(25)22-9-5-6-11-23(22)31-4/h5-15,25H,16H2,1-4H3/t25-/m0/s1. The lowest BCUT2D eigenvalue weighted by atomic mass is 9.97. The highest BCUT2D eigenvalue weighted by Crippen LogP contribution is 2.39. The maximum Gasteiger partial charge on any atom is 0.255 e. The van der Waals surface area contributed by atoms with Crippen LogP contribution in [0.3, 0.4) is 0 Å². The monoisotopic (exact) mass is 414 g/mol. The predicted octanol–water partition coefficient (Wildman–Crippen LogP) is 4.74. The first kappa shape index (κ1) is 20.7. The summed E-state index contributed by atoms with van der Waals surface area (Å²) in [5.74, 6) is 0.264. The van der Waals surface area contributed by atoms with Crippen molar-refractivity contribution in [1.82, 2.24) is 0 Å². The van der Waals surface area contributed by atoms with Gasteiger partial charge in [0, 0.05) is 5.69 Å². The van der Waals surface area contributed by atoms with Gasteiger partial charge in [0.05, 0.1) is 12.8 Å². The van der Waals surface area contributed by atoms with Crippen LogP contribution in [-0.2, 0) is 9.59 Å². The molecule has 1 saturated heterocycles. The molecule has 4 rings (SSSR count). The highest BCUT2D eigenvalue weighted by atomic mass is 16.5. The number of piperazine rings is 1. The maximum absolute atomic E-state index is 13.9. The summed E-state index contributed by atoms with van der Waals surface area (Å²) in [6, 6.07) is 20.1. The van der Waals surface area contributed by atoms with Crippen LogP contribution in [0, 0.1) is 20.8 Å². The van der Waals surface area contributed by atoms with Gasteiger partial charge in [0.25, 0.3) is 5.91 Å². The number of hydrogen-bond donors (Lipinski definition) is 0. The molecular formula is C26H26N2O3. The van der Waals surface area contributed by atoms with Gasteiger partial charge < -0.3 is 9.64 Å². The molecule has 0 N–H and O–H groups in total. The molecule has 1 heterocycles. The molecule has 1 aliphatic heterocycles. The Morgan fingerprint density at radius 3 is 2.23 bits per heavy atom. The van der Waals surface area contributed by atoms with Crippen molar-refractivity contribution in [2.24, 2.45) is 0 Å². The Morgan fingerprint density at radius 1 is 0.839 bits per heavy atom. The van der Waals surface area contributed by atoms with Crippen molar-refractivity contribution >= 4 is 23.2 Å². The fourth-order valence-electron chi connectivity index (χ4n) is 4.07. The third kappa shape index (κ3) is 3.67. The molecule has 5 nitrogen and oxygen atoms in total. The van der Waals surface area contributed by atoms with E-state index in [1.54, 1.807) is 23.0 Å². The molecule has 1 atom stereocenters. The van der Waals surface area contributed by atoms with Gasteiger partial charge in [-0.1, -0.05) is 54.1 Å². The molecule has 158 valence electrons. The Kier molecular flexibility index (Phi) is 5.51. The second kappa shape index (κ2) is 8.26. The summed E-state index contributed by atoms with van der Waals surface area (Å²) in [6.45, 7) is 5.96. The number of ether oxygens (including phenoxy) is 1. The Bertz CT molecular complexity index is 1140. The van der Waals surface area contributed by atoms with E-state index < -0.39 is 6.04 Å². The van der Waals surface area contributed by atoms with Gasteiger partial charge in [0.1, 0.15) is 18.3 Å². The van der Waals surface area contributed by atoms with E-state index in [2.05, 4.69) is 0 Å². The van der Waals surface area contributed by atoms with E-state index >= 15 is 0 Å². The molecule has 3 aromatic rings. The van der Waals surface area contributed by atoms with E-state index in [0.717, 1.165) is 27.9 Å². The molecule has 0 radical (unpaired) electrons. The van der Waals surface area contributed by atoms with Crippen LogP contribution in [0.2, 0.25) is 0 Å². The number of carbonyl (C=O) groups is 2. The molecule has 2 amide bonds. The van der Waals surface area contributed by atoms with Crippen molar-refractivity contribution in [2.75, 3.05) is 23.5 Å². The third-order valence-corrected chi connectivity index (χ3v) is 5.92. The zero-order valence-corrected chi connectivity index (χ0v) is 18.3. The first-order chi connectivity index (χ1) is 14.9. The Hall–Kier alpha value is -3.60. The van der Waals surface area contributed by atoms with E-state index in [9.17, 15) is 9.59 Å².